The van der Waals surface area contributed by atoms with Crippen LogP contribution >= 0.6 is 0 Å². The summed E-state index contributed by atoms with van der Waals surface area (Å²) in [6.45, 7) is 11.3. The van der Waals surface area contributed by atoms with E-state index in [1.807, 2.05) is 45.9 Å². The Labute approximate surface area is 249 Å². The van der Waals surface area contributed by atoms with E-state index in [4.69, 9.17) is 0 Å². The second-order valence-electron chi connectivity index (χ2n) is 10.9. The SMILES string of the molecule is CCC1=C(C)C(=O)N=C1/C=c1/[nH]/c(=C\c2[nH]c(/C=C3\NC(=O)C(C)=C3CC)c(C)c2CCC(=O)O)c(CCC(=O)O)c1C. The van der Waals surface area contributed by atoms with Crippen molar-refractivity contribution in [2.75, 3.05) is 0 Å². The molecule has 43 heavy (non-hydrogen) atoms. The van der Waals surface area contributed by atoms with Crippen molar-refractivity contribution in [3.8, 4) is 0 Å². The van der Waals surface area contributed by atoms with Gasteiger partial charge in [0.1, 0.15) is 0 Å². The summed E-state index contributed by atoms with van der Waals surface area (Å²) in [4.78, 5) is 58.7. The fourth-order valence-electron chi connectivity index (χ4n) is 5.78. The van der Waals surface area contributed by atoms with Crippen molar-refractivity contribution in [3.63, 3.8) is 0 Å². The van der Waals surface area contributed by atoms with Crippen LogP contribution in [0.3, 0.4) is 0 Å². The third-order valence-corrected chi connectivity index (χ3v) is 8.32. The molecule has 0 spiro atoms. The number of aliphatic imine (C=N–C) groups is 1. The van der Waals surface area contributed by atoms with Gasteiger partial charge in [-0.05, 0) is 105 Å². The van der Waals surface area contributed by atoms with Gasteiger partial charge in [-0.2, -0.15) is 0 Å². The summed E-state index contributed by atoms with van der Waals surface area (Å²) in [6.07, 6.45) is 7.33. The zero-order chi connectivity index (χ0) is 31.6. The average Bonchev–Trinajstić information content (AvgIpc) is 3.59. The number of carbonyl (C=O) groups is 4. The van der Waals surface area contributed by atoms with Crippen LogP contribution in [0, 0.1) is 13.8 Å². The Bertz CT molecular complexity index is 1790. The molecular formula is C33H38N4O6. The van der Waals surface area contributed by atoms with Crippen LogP contribution < -0.4 is 16.0 Å². The maximum Gasteiger partial charge on any atom is 0.303 e. The summed E-state index contributed by atoms with van der Waals surface area (Å²) in [5.41, 5.74) is 9.18. The van der Waals surface area contributed by atoms with Crippen molar-refractivity contribution >= 4 is 47.7 Å². The fourth-order valence-corrected chi connectivity index (χ4v) is 5.78. The van der Waals surface area contributed by atoms with E-state index in [0.717, 1.165) is 44.4 Å². The highest BCUT2D eigenvalue weighted by Gasteiger charge is 2.24. The minimum Gasteiger partial charge on any atom is -0.481 e. The predicted octanol–water partition coefficient (Wildman–Crippen LogP) is 3.51. The molecule has 0 saturated carbocycles. The van der Waals surface area contributed by atoms with Crippen LogP contribution in [0.4, 0.5) is 0 Å². The lowest BCUT2D eigenvalue weighted by Gasteiger charge is -2.04. The lowest BCUT2D eigenvalue weighted by molar-refractivity contribution is -0.138. The van der Waals surface area contributed by atoms with Crippen LogP contribution in [0.5, 0.6) is 0 Å². The third kappa shape index (κ3) is 6.38. The Morgan fingerprint density at radius 3 is 1.98 bits per heavy atom. The molecule has 10 heteroatoms. The van der Waals surface area contributed by atoms with Gasteiger partial charge in [-0.3, -0.25) is 19.2 Å². The first-order chi connectivity index (χ1) is 20.4. The zero-order valence-electron chi connectivity index (χ0n) is 25.4. The van der Waals surface area contributed by atoms with E-state index in [1.54, 1.807) is 13.8 Å². The molecule has 0 fully saturated rings. The number of hydrogen-bond donors (Lipinski definition) is 5. The number of aromatic nitrogens is 2. The van der Waals surface area contributed by atoms with Gasteiger partial charge in [0.05, 0.1) is 5.71 Å². The van der Waals surface area contributed by atoms with Crippen LogP contribution in [-0.2, 0) is 32.0 Å². The normalized spacial score (nSPS) is 17.2. The minimum absolute atomic E-state index is 0.0700. The van der Waals surface area contributed by atoms with Gasteiger partial charge < -0.3 is 25.5 Å². The quantitative estimate of drug-likeness (QED) is 0.270. The number of H-pyrrole nitrogens is 2. The maximum atomic E-state index is 12.3. The molecule has 0 aromatic carbocycles. The number of carboxylic acids is 2. The Hall–Kier alpha value is -4.73. The van der Waals surface area contributed by atoms with Gasteiger partial charge in [0.15, 0.2) is 0 Å². The Morgan fingerprint density at radius 1 is 0.744 bits per heavy atom. The fraction of sp³-hybridized carbons (Fsp3) is 0.364. The standard InChI is InChI=1S/C33H38N4O6/c1-7-20-18(5)32(42)36-26(20)13-24-16(3)22(9-11-30(38)39)28(34-24)15-29-23(10-12-31(40)41)17(4)25(35-29)14-27-21(8-2)19(6)33(43)37-27/h13-15,34-35H,7-12H2,1-6H3,(H,36,42)(H,38,39)(H,40,41)/b25-14+,26-13-,29-15-. The molecule has 0 bridgehead atoms. The minimum atomic E-state index is -0.921. The highest BCUT2D eigenvalue weighted by atomic mass is 16.4. The van der Waals surface area contributed by atoms with Crippen molar-refractivity contribution in [3.05, 3.63) is 72.3 Å². The lowest BCUT2D eigenvalue weighted by atomic mass is 10.0. The zero-order valence-corrected chi connectivity index (χ0v) is 25.4. The molecule has 0 aliphatic carbocycles. The summed E-state index contributed by atoms with van der Waals surface area (Å²) in [5.74, 6) is -2.23. The molecule has 0 atom stereocenters. The molecule has 0 unspecified atom stereocenters. The summed E-state index contributed by atoms with van der Waals surface area (Å²) in [6, 6.07) is 0. The number of nitrogens with zero attached hydrogens (tertiary/aromatic N) is 1. The molecule has 2 amide bonds. The molecule has 226 valence electrons. The average molecular weight is 587 g/mol. The van der Waals surface area contributed by atoms with E-state index >= 15 is 0 Å². The lowest BCUT2D eigenvalue weighted by Crippen LogP contribution is -2.15. The molecule has 0 saturated heterocycles. The summed E-state index contributed by atoms with van der Waals surface area (Å²) < 4.78 is 0. The number of amides is 2. The smallest absolute Gasteiger partial charge is 0.303 e. The first-order valence-corrected chi connectivity index (χ1v) is 14.5. The Balaban J connectivity index is 1.91. The van der Waals surface area contributed by atoms with E-state index in [9.17, 15) is 29.4 Å². The van der Waals surface area contributed by atoms with Crippen LogP contribution in [0.15, 0.2) is 33.0 Å². The second kappa shape index (κ2) is 12.6. The van der Waals surface area contributed by atoms with Gasteiger partial charge in [0.2, 0.25) is 0 Å². The van der Waals surface area contributed by atoms with Gasteiger partial charge in [-0.25, -0.2) is 4.99 Å². The number of aromatic amines is 2. The van der Waals surface area contributed by atoms with Crippen LogP contribution in [0.25, 0.3) is 18.2 Å². The molecule has 2 aliphatic rings. The van der Waals surface area contributed by atoms with E-state index in [-0.39, 0.29) is 37.5 Å². The molecule has 10 nitrogen and oxygen atoms in total. The number of carbonyl (C=O) groups excluding carboxylic acids is 2. The molecule has 5 N–H and O–H groups in total. The highest BCUT2D eigenvalue weighted by Crippen LogP contribution is 2.28. The number of hydrogen-bond acceptors (Lipinski definition) is 4. The van der Waals surface area contributed by atoms with E-state index in [1.165, 1.54) is 0 Å². The summed E-state index contributed by atoms with van der Waals surface area (Å²) in [7, 11) is 0. The first kappa shape index (κ1) is 31.2. The summed E-state index contributed by atoms with van der Waals surface area (Å²) in [5, 5.41) is 23.2. The van der Waals surface area contributed by atoms with Gasteiger partial charge >= 0.3 is 11.9 Å². The largest absolute Gasteiger partial charge is 0.481 e. The first-order valence-electron chi connectivity index (χ1n) is 14.5. The van der Waals surface area contributed by atoms with Crippen LogP contribution in [0.1, 0.15) is 87.0 Å². The Morgan fingerprint density at radius 2 is 1.37 bits per heavy atom. The predicted molar refractivity (Wildman–Crippen MR) is 165 cm³/mol. The third-order valence-electron chi connectivity index (χ3n) is 8.32. The highest BCUT2D eigenvalue weighted by molar-refractivity contribution is 6.30. The van der Waals surface area contributed by atoms with Gasteiger partial charge in [0.25, 0.3) is 11.8 Å². The van der Waals surface area contributed by atoms with Crippen LogP contribution in [-0.4, -0.2) is 49.6 Å². The molecule has 2 aromatic heterocycles. The van der Waals surface area contributed by atoms with E-state index < -0.39 is 11.9 Å². The monoisotopic (exact) mass is 586 g/mol. The molecular weight excluding hydrogens is 548 g/mol. The maximum absolute atomic E-state index is 12.3. The summed E-state index contributed by atoms with van der Waals surface area (Å²) >= 11 is 0. The van der Waals surface area contributed by atoms with Crippen molar-refractivity contribution in [2.45, 2.75) is 80.1 Å². The van der Waals surface area contributed by atoms with Crippen molar-refractivity contribution in [2.24, 2.45) is 4.99 Å². The number of allylic oxidation sites excluding steroid dienone is 2. The number of nitrogens with one attached hydrogen (secondary N) is 3. The number of aliphatic carboxylic acids is 2. The molecule has 0 radical (unpaired) electrons. The number of rotatable bonds is 11. The van der Waals surface area contributed by atoms with Gasteiger partial charge in [-0.15, -0.1) is 0 Å². The van der Waals surface area contributed by atoms with Crippen molar-refractivity contribution < 1.29 is 29.4 Å². The molecule has 2 aliphatic heterocycles. The van der Waals surface area contributed by atoms with Crippen molar-refractivity contribution in [1.29, 1.82) is 0 Å². The Kier molecular flexibility index (Phi) is 9.18. The second-order valence-corrected chi connectivity index (χ2v) is 10.9. The molecule has 2 aromatic rings. The van der Waals surface area contributed by atoms with Crippen molar-refractivity contribution in [1.82, 2.24) is 15.3 Å². The molecule has 4 rings (SSSR count). The van der Waals surface area contributed by atoms with Gasteiger partial charge in [-0.1, -0.05) is 13.8 Å². The number of carboxylic acid groups (broad SMARTS) is 2. The molecule has 4 heterocycles. The van der Waals surface area contributed by atoms with Gasteiger partial charge in [0, 0.05) is 51.8 Å². The van der Waals surface area contributed by atoms with E-state index in [2.05, 4.69) is 20.3 Å². The topological polar surface area (TPSA) is 165 Å². The van der Waals surface area contributed by atoms with Crippen LogP contribution in [0.2, 0.25) is 0 Å². The van der Waals surface area contributed by atoms with E-state index in [0.29, 0.717) is 46.4 Å².